The van der Waals surface area contributed by atoms with Gasteiger partial charge in [0.05, 0.1) is 129 Å². The first kappa shape index (κ1) is 102. The van der Waals surface area contributed by atoms with Gasteiger partial charge in [-0.3, -0.25) is 45.8 Å². The molecule has 11 rings (SSSR count). The number of hydrogen-bond acceptors (Lipinski definition) is 27. The number of nitrogens with zero attached hydrogens (tertiary/aromatic N) is 8. The average molecular weight is 1780 g/mol. The zero-order chi connectivity index (χ0) is 88.0. The van der Waals surface area contributed by atoms with Gasteiger partial charge in [0.1, 0.15) is 22.9 Å². The maximum Gasteiger partial charge on any atom is 0.523 e. The Morgan fingerprint density at radius 2 is 0.844 bits per heavy atom. The second-order valence-corrected chi connectivity index (χ2v) is 33.2. The molecule has 0 radical (unpaired) electrons. The van der Waals surface area contributed by atoms with Crippen LogP contribution >= 0.6 is 0 Å². The minimum Gasteiger partial charge on any atom is -0.493 e. The van der Waals surface area contributed by atoms with Gasteiger partial charge in [0.15, 0.2) is 0 Å². The smallest absolute Gasteiger partial charge is 0.493 e. The lowest BCUT2D eigenvalue weighted by molar-refractivity contribution is -0.0526. The van der Waals surface area contributed by atoms with Crippen molar-refractivity contribution in [1.29, 1.82) is 5.26 Å². The van der Waals surface area contributed by atoms with Crippen molar-refractivity contribution >= 4 is 84.9 Å². The number of aryl methyl sites for hydroxylation is 1. The lowest BCUT2D eigenvalue weighted by atomic mass is 10.1. The van der Waals surface area contributed by atoms with Gasteiger partial charge in [-0.1, -0.05) is 185 Å². The highest BCUT2D eigenvalue weighted by molar-refractivity contribution is 7.87. The van der Waals surface area contributed by atoms with Crippen molar-refractivity contribution in [3.05, 3.63) is 247 Å². The number of hydrazine groups is 4. The predicted octanol–water partition coefficient (Wildman–Crippen LogP) is 15.5. The summed E-state index contributed by atoms with van der Waals surface area (Å²) in [6, 6.07) is 59.6. The first-order valence-electron chi connectivity index (χ1n) is 38.7. The SMILES string of the molecule is C.C.C=Cc1ccc(COCC2=CN(CCCS(=O)(=O)OCCCOc3ccc4ccccc4c3)NN2C)cc1.C=Cc1ccc(COCc2cn(CCCS(=O)(=O)OCCCOc3ccc4ccccc4c3)nn2)cc1.CC#N.CCOCC1=CN(CCCS(=O)(=O)OCCCOc2ccc3ccccc3c2)NN1C.COS(=O)(=O)C(F)(F)F.[2H]CF. The van der Waals surface area contributed by atoms with E-state index in [0.717, 1.165) is 83.2 Å². The predicted molar refractivity (Wildman–Crippen MR) is 468 cm³/mol. The molecule has 9 aromatic rings. The van der Waals surface area contributed by atoms with E-state index in [4.69, 9.17) is 47.6 Å². The summed E-state index contributed by atoms with van der Waals surface area (Å²) >= 11 is 0. The van der Waals surface area contributed by atoms with Gasteiger partial charge in [-0.2, -0.15) is 52.1 Å². The van der Waals surface area contributed by atoms with Gasteiger partial charge in [0, 0.05) is 78.9 Å². The molecule has 2 aliphatic heterocycles. The largest absolute Gasteiger partial charge is 0.523 e. The zero-order valence-electron chi connectivity index (χ0n) is 68.8. The number of ether oxygens (including phenoxy) is 6. The third-order valence-corrected chi connectivity index (χ3v) is 22.0. The van der Waals surface area contributed by atoms with Gasteiger partial charge < -0.3 is 28.4 Å². The molecule has 0 aliphatic carbocycles. The lowest BCUT2D eigenvalue weighted by Crippen LogP contribution is -2.39. The van der Waals surface area contributed by atoms with Crippen molar-refractivity contribution in [3.63, 3.8) is 0 Å². The molecule has 2 N–H and O–H groups in total. The topological polar surface area (TPSA) is 320 Å². The molecule has 668 valence electrons. The quantitative estimate of drug-likeness (QED) is 0.0155. The summed E-state index contributed by atoms with van der Waals surface area (Å²) in [6.07, 6.45) is 11.9. The van der Waals surface area contributed by atoms with E-state index in [1.807, 2.05) is 235 Å². The van der Waals surface area contributed by atoms with Crippen LogP contribution in [-0.4, -0.2) is 192 Å². The molecule has 0 saturated heterocycles. The highest BCUT2D eigenvalue weighted by Gasteiger charge is 2.46. The summed E-state index contributed by atoms with van der Waals surface area (Å²) in [7, 11) is -12.9. The van der Waals surface area contributed by atoms with Crippen molar-refractivity contribution in [2.24, 2.45) is 0 Å². The molecule has 0 amide bonds. The molecule has 3 heterocycles. The lowest BCUT2D eigenvalue weighted by Gasteiger charge is -2.20. The monoisotopic (exact) mass is 1780 g/mol. The van der Waals surface area contributed by atoms with Gasteiger partial charge in [0.25, 0.3) is 30.4 Å². The Hall–Kier alpha value is -10.1. The van der Waals surface area contributed by atoms with Gasteiger partial charge >= 0.3 is 15.6 Å². The van der Waals surface area contributed by atoms with Crippen LogP contribution in [0.1, 0.15) is 96.5 Å². The minimum absolute atomic E-state index is 0. The first-order chi connectivity index (χ1) is 58.0. The molecule has 2 aliphatic rings. The zero-order valence-corrected chi connectivity index (χ0v) is 71.1. The molecule has 1 aromatic heterocycles. The maximum atomic E-state index is 12.3. The molecule has 0 fully saturated rings. The van der Waals surface area contributed by atoms with E-state index in [9.17, 15) is 51.2 Å². The number of fused-ring (bicyclic) bond motifs is 3. The van der Waals surface area contributed by atoms with Crippen LogP contribution in [0.5, 0.6) is 17.2 Å². The molecule has 8 aromatic carbocycles. The number of likely N-dealkylation sites (N-methyl/N-ethyl adjacent to an activating group) is 2. The Morgan fingerprint density at radius 3 is 1.18 bits per heavy atom. The molecule has 0 saturated carbocycles. The Kier molecular flexibility index (Phi) is 46.3. The third-order valence-electron chi connectivity index (χ3n) is 17.0. The van der Waals surface area contributed by atoms with Crippen LogP contribution in [0.4, 0.5) is 17.6 Å². The van der Waals surface area contributed by atoms with E-state index in [-0.39, 0.29) is 51.9 Å². The van der Waals surface area contributed by atoms with Crippen LogP contribution in [0, 0.1) is 11.3 Å². The fourth-order valence-electron chi connectivity index (χ4n) is 10.9. The van der Waals surface area contributed by atoms with E-state index in [1.165, 1.54) is 6.92 Å². The Labute approximate surface area is 717 Å². The highest BCUT2D eigenvalue weighted by Crippen LogP contribution is 2.26. The maximum absolute atomic E-state index is 12.3. The third kappa shape index (κ3) is 39.0. The Bertz CT molecular complexity index is 5210. The number of hydrogen-bond donors (Lipinski definition) is 2. The molecule has 36 heteroatoms. The summed E-state index contributed by atoms with van der Waals surface area (Å²) in [4.78, 5) is 0. The van der Waals surface area contributed by atoms with Crippen LogP contribution in [-0.2, 0) is 97.8 Å². The summed E-state index contributed by atoms with van der Waals surface area (Å²) in [5, 5.41) is 29.6. The van der Waals surface area contributed by atoms with Crippen molar-refractivity contribution in [2.75, 3.05) is 118 Å². The normalized spacial score (nSPS) is 12.6. The fraction of sp³-hybridized carbons (Fsp3) is 0.384. The van der Waals surface area contributed by atoms with Crippen LogP contribution in [0.3, 0.4) is 0 Å². The van der Waals surface area contributed by atoms with E-state index in [0.29, 0.717) is 130 Å². The van der Waals surface area contributed by atoms with Crippen LogP contribution in [0.25, 0.3) is 44.5 Å². The molecule has 28 nitrogen and oxygen atoms in total. The Balaban J connectivity index is 0.000000355. The number of aromatic nitrogens is 3. The van der Waals surface area contributed by atoms with Crippen molar-refractivity contribution < 1.29 is 97.8 Å². The van der Waals surface area contributed by atoms with Crippen molar-refractivity contribution in [1.82, 2.24) is 46.1 Å². The number of nitrogens with one attached hydrogen (secondary N) is 2. The standard InChI is InChI=1S/C29H35N3O5S.C28H31N3O5S.C22H31N3O5S.C2H3F3O3S.C2H3N.CH3F.2CH4/c1-3-24-10-12-25(13-11-24)22-35-23-28-21-32(30-31(28)2)16-6-19-38(33,34)37-18-7-17-36-29-15-14-26-8-4-5-9-27(26)20-29;1-2-23-9-11-24(12-10-23)21-34-22-27-20-31(30-29-27)15-5-18-37(32,33)36-17-6-16-35-28-14-13-25-7-3-4-8-26(25)19-28;1-3-28-18-21-17-25(23-24(21)2)12-6-15-31(26,27)30-14-7-13-29-22-11-10-19-8-4-5-9-20(19)16-22;1-8-9(6,7)2(3,4)5;1-2-3;1-2;;/h3-5,8-15,20-21,30H,1,6-7,16-19,22-23H2,2H3;2-4,7-14,19-20H,1,5-6,15-18,21-22H2;4-5,8-11,16-17,23H,3,6-7,12-15,18H2,1-2H3;1H3;1H3;1H3;2*1H4/i;;;;;1D;;. The molecule has 0 bridgehead atoms. The first-order valence-corrected chi connectivity index (χ1v) is 44.2. The van der Waals surface area contributed by atoms with Gasteiger partial charge in [-0.15, -0.1) is 16.2 Å². The number of nitriles is 1. The highest BCUT2D eigenvalue weighted by atomic mass is 32.2. The number of rotatable bonds is 44. The second-order valence-electron chi connectivity index (χ2n) is 26.2. The summed E-state index contributed by atoms with van der Waals surface area (Å²) in [5.41, 5.74) is 7.92. The molecule has 0 unspecified atom stereocenters. The van der Waals surface area contributed by atoms with Crippen molar-refractivity contribution in [3.8, 4) is 23.3 Å². The van der Waals surface area contributed by atoms with E-state index in [2.05, 4.69) is 38.7 Å². The van der Waals surface area contributed by atoms with Gasteiger partial charge in [-0.05, 0) is 117 Å². The summed E-state index contributed by atoms with van der Waals surface area (Å²) in [6.45, 7) is 16.7. The molecule has 0 atom stereocenters. The molecule has 122 heavy (non-hydrogen) atoms. The number of alkyl halides is 4. The summed E-state index contributed by atoms with van der Waals surface area (Å²) in [5.74, 6) is 2.10. The van der Waals surface area contributed by atoms with Crippen LogP contribution in [0.2, 0.25) is 0 Å². The van der Waals surface area contributed by atoms with Gasteiger partial charge in [0.2, 0.25) is 0 Å². The molecular weight excluding hydrogens is 1670 g/mol. The van der Waals surface area contributed by atoms with Gasteiger partial charge in [-0.25, -0.2) is 0 Å². The number of halogens is 4. The van der Waals surface area contributed by atoms with E-state index < -0.39 is 53.1 Å². The second kappa shape index (κ2) is 55.1. The minimum atomic E-state index is -5.34. The summed E-state index contributed by atoms with van der Waals surface area (Å²) < 4.78 is 196. The van der Waals surface area contributed by atoms with Crippen LogP contribution < -0.4 is 25.3 Å². The van der Waals surface area contributed by atoms with E-state index >= 15 is 0 Å². The van der Waals surface area contributed by atoms with Crippen LogP contribution in [0.15, 0.2) is 219 Å². The molecular formula is C86H114F4N10O18S4. The fourth-order valence-corrected chi connectivity index (χ4v) is 14.0. The number of benzene rings is 8. The Morgan fingerprint density at radius 1 is 0.500 bits per heavy atom. The van der Waals surface area contributed by atoms with Crippen molar-refractivity contribution in [2.45, 2.75) is 99.1 Å². The average Bonchev–Trinajstić information content (AvgIpc) is 1.83. The molecule has 0 spiro atoms. The van der Waals surface area contributed by atoms with E-state index in [1.54, 1.807) is 23.0 Å².